The molecule has 0 spiro atoms. The van der Waals surface area contributed by atoms with Crippen molar-refractivity contribution >= 4 is 12.0 Å². The summed E-state index contributed by atoms with van der Waals surface area (Å²) in [6.45, 7) is 4.32. The standard InChI is InChI=1S/C12H19F3N2O4/c1-10(2,3)21-9(20)17-6-11(7-17,4-5-18)16-8(19)12(13,14)15/h18H,4-7H2,1-3H3,(H,16,19). The van der Waals surface area contributed by atoms with Crippen LogP contribution >= 0.6 is 0 Å². The molecule has 0 saturated carbocycles. The summed E-state index contributed by atoms with van der Waals surface area (Å²) >= 11 is 0. The van der Waals surface area contributed by atoms with Crippen molar-refractivity contribution in [1.29, 1.82) is 0 Å². The van der Waals surface area contributed by atoms with Gasteiger partial charge in [0.15, 0.2) is 0 Å². The highest BCUT2D eigenvalue weighted by molar-refractivity contribution is 5.83. The fourth-order valence-corrected chi connectivity index (χ4v) is 1.97. The SMILES string of the molecule is CC(C)(C)OC(=O)N1CC(CCO)(NC(=O)C(F)(F)F)C1. The molecule has 0 aromatic carbocycles. The van der Waals surface area contributed by atoms with Gasteiger partial charge < -0.3 is 20.1 Å². The number of hydrogen-bond acceptors (Lipinski definition) is 4. The molecule has 21 heavy (non-hydrogen) atoms. The van der Waals surface area contributed by atoms with E-state index in [1.807, 2.05) is 5.32 Å². The normalized spacial score (nSPS) is 18.0. The van der Waals surface area contributed by atoms with Crippen LogP contribution in [0.4, 0.5) is 18.0 Å². The molecule has 0 unspecified atom stereocenters. The summed E-state index contributed by atoms with van der Waals surface area (Å²) in [4.78, 5) is 23.9. The number of nitrogens with one attached hydrogen (secondary N) is 1. The topological polar surface area (TPSA) is 78.9 Å². The highest BCUT2D eigenvalue weighted by atomic mass is 19.4. The number of alkyl halides is 3. The molecular weight excluding hydrogens is 293 g/mol. The van der Waals surface area contributed by atoms with Gasteiger partial charge in [0.05, 0.1) is 5.54 Å². The van der Waals surface area contributed by atoms with Crippen molar-refractivity contribution < 1.29 is 32.6 Å². The van der Waals surface area contributed by atoms with Gasteiger partial charge in [-0.2, -0.15) is 13.2 Å². The van der Waals surface area contributed by atoms with Crippen LogP contribution in [0.3, 0.4) is 0 Å². The Balaban J connectivity index is 2.64. The first-order valence-corrected chi connectivity index (χ1v) is 6.37. The van der Waals surface area contributed by atoms with Crippen molar-refractivity contribution in [3.05, 3.63) is 0 Å². The maximum atomic E-state index is 12.3. The lowest BCUT2D eigenvalue weighted by atomic mass is 9.86. The zero-order valence-corrected chi connectivity index (χ0v) is 12.1. The molecule has 0 radical (unpaired) electrons. The van der Waals surface area contributed by atoms with Crippen LogP contribution in [0, 0.1) is 0 Å². The molecule has 1 aliphatic heterocycles. The summed E-state index contributed by atoms with van der Waals surface area (Å²) in [7, 11) is 0. The number of aliphatic hydroxyl groups excluding tert-OH is 1. The molecule has 1 heterocycles. The van der Waals surface area contributed by atoms with E-state index in [-0.39, 0.29) is 19.5 Å². The van der Waals surface area contributed by atoms with Crippen LogP contribution in [0.2, 0.25) is 0 Å². The molecule has 1 fully saturated rings. The summed E-state index contributed by atoms with van der Waals surface area (Å²) in [6, 6.07) is 0. The van der Waals surface area contributed by atoms with Crippen LogP contribution in [-0.2, 0) is 9.53 Å². The lowest BCUT2D eigenvalue weighted by molar-refractivity contribution is -0.178. The molecule has 0 aliphatic carbocycles. The molecule has 1 rings (SSSR count). The number of nitrogens with zero attached hydrogens (tertiary/aromatic N) is 1. The minimum atomic E-state index is -5.01. The number of rotatable bonds is 3. The van der Waals surface area contributed by atoms with Gasteiger partial charge in [-0.15, -0.1) is 0 Å². The molecule has 0 bridgehead atoms. The molecule has 0 aromatic rings. The van der Waals surface area contributed by atoms with Crippen LogP contribution in [0.1, 0.15) is 27.2 Å². The zero-order chi connectivity index (χ0) is 16.5. The van der Waals surface area contributed by atoms with Crippen LogP contribution < -0.4 is 5.32 Å². The first-order valence-electron chi connectivity index (χ1n) is 6.37. The molecule has 1 saturated heterocycles. The Bertz CT molecular complexity index is 412. The van der Waals surface area contributed by atoms with Gasteiger partial charge in [0.25, 0.3) is 0 Å². The van der Waals surface area contributed by atoms with E-state index in [4.69, 9.17) is 9.84 Å². The van der Waals surface area contributed by atoms with Crippen molar-refractivity contribution in [3.63, 3.8) is 0 Å². The third-order valence-electron chi connectivity index (χ3n) is 2.87. The van der Waals surface area contributed by atoms with Crippen LogP contribution in [0.25, 0.3) is 0 Å². The second-order valence-electron chi connectivity index (χ2n) is 6.04. The molecule has 0 aromatic heterocycles. The van der Waals surface area contributed by atoms with Crippen molar-refractivity contribution in [2.45, 2.75) is 44.5 Å². The van der Waals surface area contributed by atoms with E-state index in [1.165, 1.54) is 4.90 Å². The lowest BCUT2D eigenvalue weighted by Gasteiger charge is -2.50. The van der Waals surface area contributed by atoms with Gasteiger partial charge in [0.1, 0.15) is 5.60 Å². The van der Waals surface area contributed by atoms with Crippen LogP contribution in [-0.4, -0.2) is 59.0 Å². The van der Waals surface area contributed by atoms with Gasteiger partial charge in [-0.25, -0.2) is 4.79 Å². The monoisotopic (exact) mass is 312 g/mol. The van der Waals surface area contributed by atoms with Gasteiger partial charge in [-0.05, 0) is 27.2 Å². The number of amides is 2. The number of likely N-dealkylation sites (tertiary alicyclic amines) is 1. The summed E-state index contributed by atoms with van der Waals surface area (Å²) in [5.41, 5.74) is -1.99. The third kappa shape index (κ3) is 4.76. The fraction of sp³-hybridized carbons (Fsp3) is 0.833. The van der Waals surface area contributed by atoms with E-state index in [0.717, 1.165) is 0 Å². The quantitative estimate of drug-likeness (QED) is 0.816. The number of ether oxygens (including phenoxy) is 1. The number of carbonyl (C=O) groups is 2. The Kier molecular flexibility index (Phi) is 4.76. The molecule has 6 nitrogen and oxygen atoms in total. The molecule has 1 aliphatic rings. The van der Waals surface area contributed by atoms with E-state index in [0.29, 0.717) is 0 Å². The van der Waals surface area contributed by atoms with Crippen molar-refractivity contribution in [1.82, 2.24) is 10.2 Å². The second-order valence-corrected chi connectivity index (χ2v) is 6.04. The largest absolute Gasteiger partial charge is 0.471 e. The fourth-order valence-electron chi connectivity index (χ4n) is 1.97. The van der Waals surface area contributed by atoms with Crippen molar-refractivity contribution in [3.8, 4) is 0 Å². The Hall–Kier alpha value is -1.51. The Labute approximate surface area is 120 Å². The minimum absolute atomic E-state index is 0.0753. The Morgan fingerprint density at radius 3 is 2.19 bits per heavy atom. The smallest absolute Gasteiger partial charge is 0.444 e. The molecule has 122 valence electrons. The van der Waals surface area contributed by atoms with Gasteiger partial charge >= 0.3 is 18.2 Å². The number of halogens is 3. The molecule has 2 amide bonds. The van der Waals surface area contributed by atoms with E-state index in [2.05, 4.69) is 0 Å². The van der Waals surface area contributed by atoms with E-state index in [9.17, 15) is 22.8 Å². The minimum Gasteiger partial charge on any atom is -0.444 e. The van der Waals surface area contributed by atoms with Gasteiger partial charge in [-0.1, -0.05) is 0 Å². The second kappa shape index (κ2) is 5.70. The zero-order valence-electron chi connectivity index (χ0n) is 12.1. The lowest BCUT2D eigenvalue weighted by Crippen LogP contribution is -2.72. The van der Waals surface area contributed by atoms with Crippen LogP contribution in [0.15, 0.2) is 0 Å². The van der Waals surface area contributed by atoms with E-state index < -0.39 is 35.9 Å². The summed E-state index contributed by atoms with van der Waals surface area (Å²) in [6.07, 6.45) is -5.75. The highest BCUT2D eigenvalue weighted by Gasteiger charge is 2.51. The maximum Gasteiger partial charge on any atom is 0.471 e. The maximum absolute atomic E-state index is 12.3. The van der Waals surface area contributed by atoms with Crippen LogP contribution in [0.5, 0.6) is 0 Å². The summed E-state index contributed by atoms with van der Waals surface area (Å²) in [5, 5.41) is 10.8. The number of aliphatic hydroxyl groups is 1. The summed E-state index contributed by atoms with van der Waals surface area (Å²) < 4.78 is 41.9. The number of hydrogen-bond donors (Lipinski definition) is 2. The molecule has 0 atom stereocenters. The van der Waals surface area contributed by atoms with Gasteiger partial charge in [0, 0.05) is 19.7 Å². The van der Waals surface area contributed by atoms with Crippen molar-refractivity contribution in [2.24, 2.45) is 0 Å². The van der Waals surface area contributed by atoms with Gasteiger partial charge in [0.2, 0.25) is 0 Å². The van der Waals surface area contributed by atoms with Crippen molar-refractivity contribution in [2.75, 3.05) is 19.7 Å². The molecule has 2 N–H and O–H groups in total. The third-order valence-corrected chi connectivity index (χ3v) is 2.87. The molecular formula is C12H19F3N2O4. The first kappa shape index (κ1) is 17.5. The van der Waals surface area contributed by atoms with E-state index >= 15 is 0 Å². The predicted molar refractivity (Wildman–Crippen MR) is 66.4 cm³/mol. The average molecular weight is 312 g/mol. The average Bonchev–Trinajstić information content (AvgIpc) is 2.20. The van der Waals surface area contributed by atoms with E-state index in [1.54, 1.807) is 20.8 Å². The highest BCUT2D eigenvalue weighted by Crippen LogP contribution is 2.28. The Morgan fingerprint density at radius 2 is 1.81 bits per heavy atom. The first-order chi connectivity index (χ1) is 9.38. The summed E-state index contributed by atoms with van der Waals surface area (Å²) in [5.74, 6) is -2.08. The van der Waals surface area contributed by atoms with Gasteiger partial charge in [-0.3, -0.25) is 4.79 Å². The Morgan fingerprint density at radius 1 is 1.29 bits per heavy atom. The predicted octanol–water partition coefficient (Wildman–Crippen LogP) is 1.04. The molecule has 9 heteroatoms. The number of carbonyl (C=O) groups excluding carboxylic acids is 2.